The molecule has 0 spiro atoms. The molecular formula is C21H33N3O4S. The fourth-order valence-corrected chi connectivity index (χ4v) is 4.65. The van der Waals surface area contributed by atoms with Crippen molar-refractivity contribution in [3.05, 3.63) is 23.8 Å². The van der Waals surface area contributed by atoms with Gasteiger partial charge in [0.15, 0.2) is 0 Å². The van der Waals surface area contributed by atoms with Gasteiger partial charge < -0.3 is 10.2 Å². The average molecular weight is 424 g/mol. The van der Waals surface area contributed by atoms with E-state index in [-0.39, 0.29) is 23.5 Å². The first kappa shape index (κ1) is 23.2. The van der Waals surface area contributed by atoms with Crippen molar-refractivity contribution in [1.82, 2.24) is 4.90 Å². The monoisotopic (exact) mass is 423 g/mol. The lowest BCUT2D eigenvalue weighted by molar-refractivity contribution is -0.142. The Kier molecular flexibility index (Phi) is 7.32. The Morgan fingerprint density at radius 1 is 1.21 bits per heavy atom. The number of hydrogen-bond acceptors (Lipinski definition) is 4. The van der Waals surface area contributed by atoms with E-state index >= 15 is 0 Å². The van der Waals surface area contributed by atoms with E-state index in [4.69, 9.17) is 0 Å². The van der Waals surface area contributed by atoms with E-state index in [2.05, 4.69) is 10.0 Å². The van der Waals surface area contributed by atoms with Gasteiger partial charge in [0.25, 0.3) is 0 Å². The van der Waals surface area contributed by atoms with Crippen LogP contribution in [0.5, 0.6) is 0 Å². The van der Waals surface area contributed by atoms with Crippen LogP contribution in [0.1, 0.15) is 52.5 Å². The Balaban J connectivity index is 2.11. The molecule has 7 nitrogen and oxygen atoms in total. The summed E-state index contributed by atoms with van der Waals surface area (Å²) in [4.78, 5) is 27.2. The van der Waals surface area contributed by atoms with E-state index in [1.807, 2.05) is 20.8 Å². The Hall–Kier alpha value is -2.09. The number of anilines is 2. The largest absolute Gasteiger partial charge is 0.341 e. The van der Waals surface area contributed by atoms with Gasteiger partial charge in [-0.25, -0.2) is 8.42 Å². The molecule has 29 heavy (non-hydrogen) atoms. The van der Waals surface area contributed by atoms with Crippen LogP contribution < -0.4 is 10.0 Å². The zero-order valence-electron chi connectivity index (χ0n) is 18.0. The molecule has 0 saturated carbocycles. The number of benzene rings is 1. The summed E-state index contributed by atoms with van der Waals surface area (Å²) < 4.78 is 26.7. The normalized spacial score (nSPS) is 17.7. The molecule has 1 aliphatic rings. The number of nitrogens with zero attached hydrogens (tertiary/aromatic N) is 1. The molecule has 2 rings (SSSR count). The Labute approximate surface area is 174 Å². The molecule has 1 atom stereocenters. The summed E-state index contributed by atoms with van der Waals surface area (Å²) in [6.07, 6.45) is 2.04. The molecule has 1 aromatic carbocycles. The van der Waals surface area contributed by atoms with E-state index in [0.29, 0.717) is 36.4 Å². The van der Waals surface area contributed by atoms with Crippen molar-refractivity contribution in [2.75, 3.05) is 28.9 Å². The highest BCUT2D eigenvalue weighted by Gasteiger charge is 2.33. The Bertz CT molecular complexity index is 859. The summed E-state index contributed by atoms with van der Waals surface area (Å²) in [6.45, 7) is 10.3. The van der Waals surface area contributed by atoms with Crippen LogP contribution in [0.4, 0.5) is 11.4 Å². The van der Waals surface area contributed by atoms with Gasteiger partial charge in [0.05, 0.1) is 17.4 Å². The average Bonchev–Trinajstić information content (AvgIpc) is 2.63. The van der Waals surface area contributed by atoms with Gasteiger partial charge in [-0.1, -0.05) is 33.8 Å². The van der Waals surface area contributed by atoms with E-state index in [0.717, 1.165) is 12.8 Å². The van der Waals surface area contributed by atoms with E-state index < -0.39 is 15.4 Å². The van der Waals surface area contributed by atoms with Gasteiger partial charge in [-0.15, -0.1) is 0 Å². The van der Waals surface area contributed by atoms with Crippen LogP contribution in [-0.4, -0.2) is 44.0 Å². The number of piperidine rings is 1. The molecule has 2 N–H and O–H groups in total. The maximum absolute atomic E-state index is 12.8. The topological polar surface area (TPSA) is 95.6 Å². The fraction of sp³-hybridized carbons (Fsp3) is 0.619. The maximum atomic E-state index is 12.8. The van der Waals surface area contributed by atoms with Gasteiger partial charge in [0, 0.05) is 24.2 Å². The first-order valence-electron chi connectivity index (χ1n) is 10.1. The number of carbonyl (C=O) groups excluding carboxylic acids is 2. The highest BCUT2D eigenvalue weighted by Crippen LogP contribution is 2.27. The maximum Gasteiger partial charge on any atom is 0.232 e. The summed E-state index contributed by atoms with van der Waals surface area (Å²) >= 11 is 0. The van der Waals surface area contributed by atoms with Crippen molar-refractivity contribution in [3.8, 4) is 0 Å². The molecule has 8 heteroatoms. The number of rotatable bonds is 6. The molecule has 1 saturated heterocycles. The molecule has 1 heterocycles. The minimum Gasteiger partial charge on any atom is -0.341 e. The molecule has 0 aromatic heterocycles. The van der Waals surface area contributed by atoms with Crippen LogP contribution in [0.25, 0.3) is 0 Å². The lowest BCUT2D eigenvalue weighted by Gasteiger charge is -2.36. The second kappa shape index (κ2) is 9.15. The third-order valence-electron chi connectivity index (χ3n) is 5.05. The minimum atomic E-state index is -3.41. The van der Waals surface area contributed by atoms with Crippen LogP contribution in [0, 0.1) is 18.3 Å². The summed E-state index contributed by atoms with van der Waals surface area (Å²) in [6, 6.07) is 5.15. The number of likely N-dealkylation sites (tertiary alicyclic amines) is 1. The summed E-state index contributed by atoms with van der Waals surface area (Å²) in [5.41, 5.74) is 1.23. The van der Waals surface area contributed by atoms with Gasteiger partial charge in [-0.05, 0) is 43.9 Å². The third kappa shape index (κ3) is 6.19. The molecule has 1 fully saturated rings. The Morgan fingerprint density at radius 2 is 1.86 bits per heavy atom. The summed E-state index contributed by atoms with van der Waals surface area (Å²) in [5, 5.41) is 2.92. The number of nitrogens with one attached hydrogen (secondary N) is 2. The van der Waals surface area contributed by atoms with Crippen molar-refractivity contribution < 1.29 is 18.0 Å². The van der Waals surface area contributed by atoms with Crippen LogP contribution in [0.2, 0.25) is 0 Å². The zero-order valence-corrected chi connectivity index (χ0v) is 18.9. The highest BCUT2D eigenvalue weighted by molar-refractivity contribution is 7.92. The smallest absolute Gasteiger partial charge is 0.232 e. The molecule has 1 aliphatic heterocycles. The van der Waals surface area contributed by atoms with E-state index in [9.17, 15) is 18.0 Å². The Morgan fingerprint density at radius 3 is 2.48 bits per heavy atom. The number of amides is 2. The van der Waals surface area contributed by atoms with Gasteiger partial charge in [0.2, 0.25) is 21.8 Å². The first-order valence-corrected chi connectivity index (χ1v) is 11.8. The van der Waals surface area contributed by atoms with E-state index in [1.54, 1.807) is 36.9 Å². The van der Waals surface area contributed by atoms with Gasteiger partial charge in [0.1, 0.15) is 0 Å². The van der Waals surface area contributed by atoms with E-state index in [1.165, 1.54) is 0 Å². The lowest BCUT2D eigenvalue weighted by Crippen LogP contribution is -2.47. The molecule has 0 bridgehead atoms. The third-order valence-corrected chi connectivity index (χ3v) is 6.53. The van der Waals surface area contributed by atoms with Crippen LogP contribution >= 0.6 is 0 Å². The summed E-state index contributed by atoms with van der Waals surface area (Å²) in [5.74, 6) is -0.329. The first-order chi connectivity index (χ1) is 13.4. The van der Waals surface area contributed by atoms with Gasteiger partial charge in [-0.3, -0.25) is 14.3 Å². The molecule has 1 unspecified atom stereocenters. The molecule has 2 amide bonds. The second-order valence-electron chi connectivity index (χ2n) is 8.73. The number of hydrogen-bond donors (Lipinski definition) is 2. The van der Waals surface area contributed by atoms with Crippen LogP contribution in [-0.2, 0) is 19.6 Å². The van der Waals surface area contributed by atoms with Crippen molar-refractivity contribution in [2.24, 2.45) is 11.3 Å². The molecule has 0 radical (unpaired) electrons. The predicted octanol–water partition coefficient (Wildman–Crippen LogP) is 3.37. The minimum absolute atomic E-state index is 0.0444. The van der Waals surface area contributed by atoms with Gasteiger partial charge >= 0.3 is 0 Å². The standard InChI is InChI=1S/C21H33N3O4S/c1-6-13-29(27,28)23-18-11-7-10-17(15(18)2)22-19(25)16-9-8-12-24(14-16)20(26)21(3,4)5/h7,10-11,16,23H,6,8-9,12-14H2,1-5H3,(H,22,25). The quantitative estimate of drug-likeness (QED) is 0.733. The highest BCUT2D eigenvalue weighted by atomic mass is 32.2. The zero-order chi connectivity index (χ0) is 21.8. The molecule has 162 valence electrons. The number of sulfonamides is 1. The summed E-state index contributed by atoms with van der Waals surface area (Å²) in [7, 11) is -3.41. The fourth-order valence-electron chi connectivity index (χ4n) is 3.45. The van der Waals surface area contributed by atoms with Crippen LogP contribution in [0.15, 0.2) is 18.2 Å². The molecular weight excluding hydrogens is 390 g/mol. The van der Waals surface area contributed by atoms with Crippen molar-refractivity contribution in [2.45, 2.75) is 53.9 Å². The molecule has 1 aromatic rings. The second-order valence-corrected chi connectivity index (χ2v) is 10.6. The van der Waals surface area contributed by atoms with Crippen molar-refractivity contribution in [1.29, 1.82) is 0 Å². The van der Waals surface area contributed by atoms with Crippen molar-refractivity contribution in [3.63, 3.8) is 0 Å². The SMILES string of the molecule is CCCS(=O)(=O)Nc1cccc(NC(=O)C2CCCN(C(=O)C(C)(C)C)C2)c1C. The number of carbonyl (C=O) groups is 2. The van der Waals surface area contributed by atoms with Crippen LogP contribution in [0.3, 0.4) is 0 Å². The van der Waals surface area contributed by atoms with Gasteiger partial charge in [-0.2, -0.15) is 0 Å². The van der Waals surface area contributed by atoms with Crippen molar-refractivity contribution >= 4 is 33.2 Å². The predicted molar refractivity (Wildman–Crippen MR) is 116 cm³/mol. The molecule has 0 aliphatic carbocycles. The lowest BCUT2D eigenvalue weighted by atomic mass is 9.91.